The molecule has 3 nitrogen and oxygen atoms in total. The predicted octanol–water partition coefficient (Wildman–Crippen LogP) is 4.18. The molecule has 0 atom stereocenters. The number of hydrogen-bond donors (Lipinski definition) is 1. The number of carbonyl (C=O) groups excluding carboxylic acids is 1. The first-order valence-corrected chi connectivity index (χ1v) is 9.08. The molecular formula is C19H36N2O. The number of hydrogen-bond acceptors (Lipinski definition) is 2. The van der Waals surface area contributed by atoms with Crippen LogP contribution in [0.1, 0.15) is 80.1 Å². The van der Waals surface area contributed by atoms with E-state index < -0.39 is 0 Å². The molecule has 22 heavy (non-hydrogen) atoms. The molecule has 0 bridgehead atoms. The van der Waals surface area contributed by atoms with Gasteiger partial charge in [-0.3, -0.25) is 9.69 Å². The molecule has 0 unspecified atom stereocenters. The highest BCUT2D eigenvalue weighted by molar-refractivity contribution is 5.81. The van der Waals surface area contributed by atoms with E-state index in [1.54, 1.807) is 0 Å². The van der Waals surface area contributed by atoms with E-state index in [1.807, 2.05) is 0 Å². The maximum Gasteiger partial charge on any atom is 0.235 e. The Labute approximate surface area is 137 Å². The van der Waals surface area contributed by atoms with Crippen LogP contribution in [0.4, 0.5) is 0 Å². The van der Waals surface area contributed by atoms with E-state index >= 15 is 0 Å². The van der Waals surface area contributed by atoms with Gasteiger partial charge in [-0.1, -0.05) is 41.5 Å². The first-order chi connectivity index (χ1) is 10.0. The monoisotopic (exact) mass is 308 g/mol. The van der Waals surface area contributed by atoms with E-state index in [9.17, 15) is 4.79 Å². The Balaban J connectivity index is 1.95. The van der Waals surface area contributed by atoms with Gasteiger partial charge in [-0.2, -0.15) is 0 Å². The predicted molar refractivity (Wildman–Crippen MR) is 92.5 cm³/mol. The van der Waals surface area contributed by atoms with Crippen LogP contribution < -0.4 is 5.32 Å². The van der Waals surface area contributed by atoms with E-state index in [0.29, 0.717) is 17.4 Å². The van der Waals surface area contributed by atoms with Crippen molar-refractivity contribution in [1.82, 2.24) is 10.2 Å². The smallest absolute Gasteiger partial charge is 0.235 e. The van der Waals surface area contributed by atoms with Crippen molar-refractivity contribution >= 4 is 5.91 Å². The molecule has 2 aliphatic rings. The highest BCUT2D eigenvalue weighted by Crippen LogP contribution is 2.43. The summed E-state index contributed by atoms with van der Waals surface area (Å²) in [5.74, 6) is 1.01. The molecule has 1 N–H and O–H groups in total. The average molecular weight is 309 g/mol. The van der Waals surface area contributed by atoms with Gasteiger partial charge in [0.25, 0.3) is 0 Å². The van der Waals surface area contributed by atoms with Crippen LogP contribution in [0.2, 0.25) is 0 Å². The van der Waals surface area contributed by atoms with Crippen molar-refractivity contribution in [3.8, 4) is 0 Å². The van der Waals surface area contributed by atoms with Crippen LogP contribution in [-0.2, 0) is 4.79 Å². The van der Waals surface area contributed by atoms with Gasteiger partial charge in [-0.15, -0.1) is 0 Å². The minimum Gasteiger partial charge on any atom is -0.337 e. The van der Waals surface area contributed by atoms with E-state index in [4.69, 9.17) is 0 Å². The molecule has 0 aromatic heterocycles. The highest BCUT2D eigenvalue weighted by atomic mass is 16.2. The highest BCUT2D eigenvalue weighted by Gasteiger charge is 2.47. The van der Waals surface area contributed by atoms with Crippen LogP contribution in [0.5, 0.6) is 0 Å². The number of nitrogens with zero attached hydrogens (tertiary/aromatic N) is 1. The van der Waals surface area contributed by atoms with Crippen molar-refractivity contribution in [3.05, 3.63) is 0 Å². The van der Waals surface area contributed by atoms with Gasteiger partial charge >= 0.3 is 0 Å². The second kappa shape index (κ2) is 6.14. The Kier molecular flexibility index (Phi) is 4.97. The summed E-state index contributed by atoms with van der Waals surface area (Å²) in [6.45, 7) is 15.6. The largest absolute Gasteiger partial charge is 0.337 e. The van der Waals surface area contributed by atoms with Crippen molar-refractivity contribution in [2.75, 3.05) is 13.1 Å². The third-order valence-electron chi connectivity index (χ3n) is 5.70. The Hall–Kier alpha value is -0.570. The van der Waals surface area contributed by atoms with Gasteiger partial charge in [0.2, 0.25) is 5.91 Å². The normalized spacial score (nSPS) is 30.8. The lowest BCUT2D eigenvalue weighted by molar-refractivity contribution is -0.119. The molecule has 3 heteroatoms. The summed E-state index contributed by atoms with van der Waals surface area (Å²) in [4.78, 5) is 14.5. The van der Waals surface area contributed by atoms with E-state index in [0.717, 1.165) is 25.3 Å². The molecular weight excluding hydrogens is 272 g/mol. The van der Waals surface area contributed by atoms with Crippen LogP contribution in [0.15, 0.2) is 0 Å². The van der Waals surface area contributed by atoms with Gasteiger partial charge in [-0.05, 0) is 55.3 Å². The van der Waals surface area contributed by atoms with Crippen LogP contribution in [0.3, 0.4) is 0 Å². The zero-order valence-corrected chi connectivity index (χ0v) is 15.6. The fraction of sp³-hybridized carbons (Fsp3) is 0.947. The molecule has 2 fully saturated rings. The molecule has 1 saturated heterocycles. The Morgan fingerprint density at radius 2 is 1.73 bits per heavy atom. The molecule has 0 aromatic carbocycles. The first kappa shape index (κ1) is 17.8. The Morgan fingerprint density at radius 1 is 1.14 bits per heavy atom. The van der Waals surface area contributed by atoms with Gasteiger partial charge in [0.15, 0.2) is 0 Å². The summed E-state index contributed by atoms with van der Waals surface area (Å²) in [5, 5.41) is 3.33. The SMILES string of the molecule is CC(C)(C)CCCN1CC(=O)NC12CCC(C(C)(C)C)CC2. The minimum absolute atomic E-state index is 0.0310. The average Bonchev–Trinajstić information content (AvgIpc) is 2.63. The molecule has 0 radical (unpaired) electrons. The van der Waals surface area contributed by atoms with Gasteiger partial charge in [0, 0.05) is 6.54 Å². The maximum atomic E-state index is 12.0. The van der Waals surface area contributed by atoms with Gasteiger partial charge < -0.3 is 5.32 Å². The van der Waals surface area contributed by atoms with Gasteiger partial charge in [-0.25, -0.2) is 0 Å². The summed E-state index contributed by atoms with van der Waals surface area (Å²) < 4.78 is 0. The Morgan fingerprint density at radius 3 is 2.23 bits per heavy atom. The van der Waals surface area contributed by atoms with Crippen molar-refractivity contribution < 1.29 is 4.79 Å². The van der Waals surface area contributed by atoms with Crippen LogP contribution in [0, 0.1) is 16.7 Å². The zero-order valence-electron chi connectivity index (χ0n) is 15.6. The Bertz CT molecular complexity index is 395. The fourth-order valence-electron chi connectivity index (χ4n) is 4.20. The molecule has 1 aliphatic heterocycles. The quantitative estimate of drug-likeness (QED) is 0.848. The molecule has 1 amide bonds. The maximum absolute atomic E-state index is 12.0. The summed E-state index contributed by atoms with van der Waals surface area (Å²) in [6.07, 6.45) is 7.12. The number of carbonyl (C=O) groups is 1. The molecule has 1 aliphatic carbocycles. The van der Waals surface area contributed by atoms with E-state index in [2.05, 4.69) is 51.8 Å². The minimum atomic E-state index is -0.0310. The molecule has 128 valence electrons. The molecule has 2 rings (SSSR count). The molecule has 1 spiro atoms. The van der Waals surface area contributed by atoms with Gasteiger partial charge in [0.1, 0.15) is 0 Å². The second-order valence-electron chi connectivity index (χ2n) is 9.81. The van der Waals surface area contributed by atoms with Crippen LogP contribution in [-0.4, -0.2) is 29.6 Å². The van der Waals surface area contributed by atoms with Crippen LogP contribution >= 0.6 is 0 Å². The summed E-state index contributed by atoms with van der Waals surface area (Å²) >= 11 is 0. The topological polar surface area (TPSA) is 32.3 Å². The van der Waals surface area contributed by atoms with Crippen molar-refractivity contribution in [1.29, 1.82) is 0 Å². The lowest BCUT2D eigenvalue weighted by Gasteiger charge is -2.46. The van der Waals surface area contributed by atoms with Crippen LogP contribution in [0.25, 0.3) is 0 Å². The zero-order chi connectivity index (χ0) is 16.6. The van der Waals surface area contributed by atoms with Gasteiger partial charge in [0.05, 0.1) is 12.2 Å². The molecule has 0 aromatic rings. The standard InChI is InChI=1S/C19H36N2O/c1-17(2,3)10-7-13-21-14-16(22)20-19(21)11-8-15(9-12-19)18(4,5)6/h15H,7-14H2,1-6H3,(H,20,22). The third kappa shape index (κ3) is 4.24. The summed E-state index contributed by atoms with van der Waals surface area (Å²) in [7, 11) is 0. The third-order valence-corrected chi connectivity index (χ3v) is 5.70. The molecule has 1 heterocycles. The lowest BCUT2D eigenvalue weighted by Crippen LogP contribution is -2.55. The van der Waals surface area contributed by atoms with Crippen molar-refractivity contribution in [2.45, 2.75) is 85.7 Å². The van der Waals surface area contributed by atoms with Crippen molar-refractivity contribution in [2.24, 2.45) is 16.7 Å². The number of amides is 1. The first-order valence-electron chi connectivity index (χ1n) is 9.08. The second-order valence-corrected chi connectivity index (χ2v) is 9.81. The summed E-state index contributed by atoms with van der Waals surface area (Å²) in [6, 6.07) is 0. The number of rotatable bonds is 3. The van der Waals surface area contributed by atoms with E-state index in [-0.39, 0.29) is 11.6 Å². The lowest BCUT2D eigenvalue weighted by atomic mass is 9.69. The summed E-state index contributed by atoms with van der Waals surface area (Å²) in [5.41, 5.74) is 0.742. The number of nitrogens with one attached hydrogen (secondary N) is 1. The van der Waals surface area contributed by atoms with Crippen molar-refractivity contribution in [3.63, 3.8) is 0 Å². The fourth-order valence-corrected chi connectivity index (χ4v) is 4.20. The molecule has 1 saturated carbocycles. The van der Waals surface area contributed by atoms with E-state index in [1.165, 1.54) is 25.7 Å².